The third-order valence-electron chi connectivity index (χ3n) is 2.48. The van der Waals surface area contributed by atoms with Crippen molar-refractivity contribution in [3.05, 3.63) is 0 Å². The first-order valence-electron chi connectivity index (χ1n) is 4.71. The molecule has 0 bridgehead atoms. The highest BCUT2D eigenvalue weighted by Gasteiger charge is 2.14. The standard InChI is InChI=1S/C9H17NO2/c10-9(11)12-7-3-6-8-4-1-2-5-8/h8H,1-7H2,(H2,10,11). The van der Waals surface area contributed by atoms with E-state index in [1.165, 1.54) is 32.1 Å². The number of carbonyl (C=O) groups excluding carboxylic acids is 1. The molecule has 12 heavy (non-hydrogen) atoms. The van der Waals surface area contributed by atoms with Crippen molar-refractivity contribution in [1.29, 1.82) is 0 Å². The molecule has 0 spiro atoms. The first-order chi connectivity index (χ1) is 5.79. The molecule has 0 unspecified atom stereocenters. The number of carbonyl (C=O) groups is 1. The van der Waals surface area contributed by atoms with E-state index in [9.17, 15) is 4.79 Å². The Morgan fingerprint density at radius 2 is 2.08 bits per heavy atom. The summed E-state index contributed by atoms with van der Waals surface area (Å²) in [6, 6.07) is 0. The first-order valence-corrected chi connectivity index (χ1v) is 4.71. The summed E-state index contributed by atoms with van der Waals surface area (Å²) < 4.78 is 4.64. The van der Waals surface area contributed by atoms with Crippen molar-refractivity contribution in [2.45, 2.75) is 38.5 Å². The van der Waals surface area contributed by atoms with Gasteiger partial charge in [-0.05, 0) is 18.8 Å². The van der Waals surface area contributed by atoms with E-state index in [2.05, 4.69) is 4.74 Å². The Balaban J connectivity index is 1.91. The van der Waals surface area contributed by atoms with Gasteiger partial charge in [-0.2, -0.15) is 0 Å². The molecule has 0 aromatic carbocycles. The van der Waals surface area contributed by atoms with Gasteiger partial charge >= 0.3 is 6.09 Å². The average Bonchev–Trinajstić information content (AvgIpc) is 2.49. The first kappa shape index (κ1) is 9.36. The second kappa shape index (κ2) is 5.01. The predicted molar refractivity (Wildman–Crippen MR) is 46.7 cm³/mol. The van der Waals surface area contributed by atoms with Crippen LogP contribution in [0.2, 0.25) is 0 Å². The van der Waals surface area contributed by atoms with Gasteiger partial charge in [0.15, 0.2) is 0 Å². The summed E-state index contributed by atoms with van der Waals surface area (Å²) in [5.41, 5.74) is 4.83. The van der Waals surface area contributed by atoms with Crippen molar-refractivity contribution in [2.75, 3.05) is 6.61 Å². The van der Waals surface area contributed by atoms with Crippen LogP contribution < -0.4 is 5.73 Å². The zero-order valence-corrected chi connectivity index (χ0v) is 7.42. The molecule has 2 N–H and O–H groups in total. The average molecular weight is 171 g/mol. The number of hydrogen-bond acceptors (Lipinski definition) is 2. The topological polar surface area (TPSA) is 52.3 Å². The number of primary amides is 1. The highest BCUT2D eigenvalue weighted by Crippen LogP contribution is 2.28. The van der Waals surface area contributed by atoms with Crippen LogP contribution in [-0.4, -0.2) is 12.7 Å². The Morgan fingerprint density at radius 1 is 1.42 bits per heavy atom. The number of ether oxygens (including phenoxy) is 1. The molecule has 0 aliphatic heterocycles. The molecular formula is C9H17NO2. The van der Waals surface area contributed by atoms with Crippen molar-refractivity contribution in [2.24, 2.45) is 11.7 Å². The van der Waals surface area contributed by atoms with E-state index in [1.54, 1.807) is 0 Å². The van der Waals surface area contributed by atoms with E-state index in [0.29, 0.717) is 6.61 Å². The fourth-order valence-corrected chi connectivity index (χ4v) is 1.84. The fourth-order valence-electron chi connectivity index (χ4n) is 1.84. The van der Waals surface area contributed by atoms with Gasteiger partial charge in [-0.3, -0.25) is 0 Å². The van der Waals surface area contributed by atoms with Crippen molar-refractivity contribution >= 4 is 6.09 Å². The zero-order chi connectivity index (χ0) is 8.81. The van der Waals surface area contributed by atoms with Gasteiger partial charge < -0.3 is 10.5 Å². The summed E-state index contributed by atoms with van der Waals surface area (Å²) in [7, 11) is 0. The van der Waals surface area contributed by atoms with E-state index in [-0.39, 0.29) is 0 Å². The van der Waals surface area contributed by atoms with Gasteiger partial charge in [0, 0.05) is 0 Å². The second-order valence-corrected chi connectivity index (χ2v) is 3.46. The molecule has 1 rings (SSSR count). The molecule has 1 saturated carbocycles. The maximum atomic E-state index is 10.2. The van der Waals surface area contributed by atoms with Crippen LogP contribution in [0.25, 0.3) is 0 Å². The van der Waals surface area contributed by atoms with Crippen LogP contribution in [0.4, 0.5) is 4.79 Å². The fraction of sp³-hybridized carbons (Fsp3) is 0.889. The molecule has 0 heterocycles. The Kier molecular flexibility index (Phi) is 3.91. The predicted octanol–water partition coefficient (Wildman–Crippen LogP) is 2.05. The van der Waals surface area contributed by atoms with Crippen LogP contribution in [0.3, 0.4) is 0 Å². The minimum Gasteiger partial charge on any atom is -0.450 e. The molecule has 0 saturated heterocycles. The Morgan fingerprint density at radius 3 is 2.67 bits per heavy atom. The molecular weight excluding hydrogens is 154 g/mol. The summed E-state index contributed by atoms with van der Waals surface area (Å²) in [5, 5.41) is 0. The van der Waals surface area contributed by atoms with Crippen molar-refractivity contribution in [3.63, 3.8) is 0 Å². The highest BCUT2D eigenvalue weighted by atomic mass is 16.5. The number of hydrogen-bond donors (Lipinski definition) is 1. The van der Waals surface area contributed by atoms with Crippen LogP contribution in [0, 0.1) is 5.92 Å². The van der Waals surface area contributed by atoms with Crippen molar-refractivity contribution in [1.82, 2.24) is 0 Å². The van der Waals surface area contributed by atoms with E-state index < -0.39 is 6.09 Å². The molecule has 1 amide bonds. The molecule has 0 radical (unpaired) electrons. The molecule has 0 atom stereocenters. The molecule has 3 nitrogen and oxygen atoms in total. The molecule has 1 aliphatic carbocycles. The lowest BCUT2D eigenvalue weighted by molar-refractivity contribution is 0.152. The largest absolute Gasteiger partial charge is 0.450 e. The van der Waals surface area contributed by atoms with Crippen LogP contribution in [0.15, 0.2) is 0 Å². The van der Waals surface area contributed by atoms with Crippen LogP contribution in [0.1, 0.15) is 38.5 Å². The lowest BCUT2D eigenvalue weighted by Gasteiger charge is -2.07. The van der Waals surface area contributed by atoms with E-state index in [4.69, 9.17) is 5.73 Å². The van der Waals surface area contributed by atoms with Gasteiger partial charge in [0.2, 0.25) is 0 Å². The van der Waals surface area contributed by atoms with Gasteiger partial charge in [-0.25, -0.2) is 4.79 Å². The van der Waals surface area contributed by atoms with Crippen LogP contribution in [-0.2, 0) is 4.74 Å². The smallest absolute Gasteiger partial charge is 0.404 e. The molecule has 0 aromatic rings. The van der Waals surface area contributed by atoms with Crippen molar-refractivity contribution in [3.8, 4) is 0 Å². The molecule has 1 fully saturated rings. The maximum Gasteiger partial charge on any atom is 0.404 e. The maximum absolute atomic E-state index is 10.2. The second-order valence-electron chi connectivity index (χ2n) is 3.46. The van der Waals surface area contributed by atoms with Gasteiger partial charge in [0.1, 0.15) is 0 Å². The minimum absolute atomic E-state index is 0.492. The monoisotopic (exact) mass is 171 g/mol. The van der Waals surface area contributed by atoms with Gasteiger partial charge in [0.25, 0.3) is 0 Å². The van der Waals surface area contributed by atoms with Crippen LogP contribution >= 0.6 is 0 Å². The number of nitrogens with two attached hydrogens (primary N) is 1. The molecule has 3 heteroatoms. The summed E-state index contributed by atoms with van der Waals surface area (Å²) in [5.74, 6) is 0.876. The Bertz CT molecular complexity index is 141. The SMILES string of the molecule is NC(=O)OCCCC1CCCC1. The minimum atomic E-state index is -0.651. The number of amides is 1. The van der Waals surface area contributed by atoms with E-state index >= 15 is 0 Å². The zero-order valence-electron chi connectivity index (χ0n) is 7.42. The Labute approximate surface area is 73.3 Å². The highest BCUT2D eigenvalue weighted by molar-refractivity contribution is 5.64. The van der Waals surface area contributed by atoms with Crippen LogP contribution in [0.5, 0.6) is 0 Å². The van der Waals surface area contributed by atoms with Crippen molar-refractivity contribution < 1.29 is 9.53 Å². The number of rotatable bonds is 4. The van der Waals surface area contributed by atoms with Gasteiger partial charge in [0.05, 0.1) is 6.61 Å². The van der Waals surface area contributed by atoms with Gasteiger partial charge in [-0.1, -0.05) is 25.7 Å². The molecule has 1 aliphatic rings. The molecule has 70 valence electrons. The normalized spacial score (nSPS) is 18.0. The van der Waals surface area contributed by atoms with Gasteiger partial charge in [-0.15, -0.1) is 0 Å². The third-order valence-corrected chi connectivity index (χ3v) is 2.48. The quantitative estimate of drug-likeness (QED) is 0.658. The summed E-state index contributed by atoms with van der Waals surface area (Å²) in [4.78, 5) is 10.2. The summed E-state index contributed by atoms with van der Waals surface area (Å²) in [6.07, 6.45) is 6.97. The lowest BCUT2D eigenvalue weighted by atomic mass is 10.0. The summed E-state index contributed by atoms with van der Waals surface area (Å²) in [6.45, 7) is 0.492. The third kappa shape index (κ3) is 3.60. The summed E-state index contributed by atoms with van der Waals surface area (Å²) >= 11 is 0. The molecule has 0 aromatic heterocycles. The lowest BCUT2D eigenvalue weighted by Crippen LogP contribution is -2.14. The van der Waals surface area contributed by atoms with E-state index in [1.807, 2.05) is 0 Å². The Hall–Kier alpha value is -0.730. The van der Waals surface area contributed by atoms with E-state index in [0.717, 1.165) is 12.3 Å².